The van der Waals surface area contributed by atoms with Gasteiger partial charge in [-0.3, -0.25) is 4.79 Å². The Morgan fingerprint density at radius 1 is 1.43 bits per heavy atom. The smallest absolute Gasteiger partial charge is 0.293 e. The van der Waals surface area contributed by atoms with E-state index in [1.165, 1.54) is 0 Å². The van der Waals surface area contributed by atoms with Gasteiger partial charge in [0.2, 0.25) is 5.76 Å². The van der Waals surface area contributed by atoms with Crippen LogP contribution >= 0.6 is 15.9 Å². The lowest BCUT2D eigenvalue weighted by Crippen LogP contribution is -2.12. The van der Waals surface area contributed by atoms with Crippen LogP contribution in [0.2, 0.25) is 0 Å². The van der Waals surface area contributed by atoms with E-state index in [0.29, 0.717) is 29.2 Å². The summed E-state index contributed by atoms with van der Waals surface area (Å²) in [5.74, 6) is 1.21. The van der Waals surface area contributed by atoms with Gasteiger partial charge in [-0.25, -0.2) is 4.98 Å². The third-order valence-electron chi connectivity index (χ3n) is 2.87. The normalized spacial score (nSPS) is 10.5. The van der Waals surface area contributed by atoms with Crippen LogP contribution in [0.15, 0.2) is 22.6 Å². The van der Waals surface area contributed by atoms with Crippen molar-refractivity contribution in [2.45, 2.75) is 26.1 Å². The summed E-state index contributed by atoms with van der Waals surface area (Å²) < 4.78 is 10.8. The molecule has 2 aromatic rings. The number of hydrogen-bond acceptors (Lipinski definition) is 4. The summed E-state index contributed by atoms with van der Waals surface area (Å²) in [6, 6.07) is 5.51. The van der Waals surface area contributed by atoms with Crippen molar-refractivity contribution < 1.29 is 13.9 Å². The quantitative estimate of drug-likeness (QED) is 0.830. The molecule has 0 spiro atoms. The number of halogens is 1. The Morgan fingerprint density at radius 2 is 2.19 bits per heavy atom. The summed E-state index contributed by atoms with van der Waals surface area (Å²) in [6.45, 7) is 5.99. The molecular formula is C15H17BrN2O3. The van der Waals surface area contributed by atoms with E-state index in [1.54, 1.807) is 19.9 Å². The summed E-state index contributed by atoms with van der Waals surface area (Å²) in [4.78, 5) is 16.3. The molecule has 1 N–H and O–H groups in total. The fraction of sp³-hybridized carbons (Fsp3) is 0.333. The Labute approximate surface area is 131 Å². The standard InChI is InChI=1S/C15H17BrN2O3/c1-4-20-13-6-5-12(7-11(13)8-16)18-15(19)14-9(2)17-10(3)21-14/h5-7H,4,8H2,1-3H3,(H,18,19). The highest BCUT2D eigenvalue weighted by Gasteiger charge is 2.16. The van der Waals surface area contributed by atoms with Crippen LogP contribution in [0.3, 0.4) is 0 Å². The maximum absolute atomic E-state index is 12.2. The third-order valence-corrected chi connectivity index (χ3v) is 3.48. The highest BCUT2D eigenvalue weighted by molar-refractivity contribution is 9.08. The molecule has 0 fully saturated rings. The van der Waals surface area contributed by atoms with E-state index in [2.05, 4.69) is 26.2 Å². The molecule has 0 saturated carbocycles. The SMILES string of the molecule is CCOc1ccc(NC(=O)c2oc(C)nc2C)cc1CBr. The molecule has 1 amide bonds. The van der Waals surface area contributed by atoms with Crippen LogP contribution in [0.4, 0.5) is 5.69 Å². The van der Waals surface area contributed by atoms with Crippen molar-refractivity contribution >= 4 is 27.5 Å². The molecule has 1 aromatic heterocycles. The average Bonchev–Trinajstić information content (AvgIpc) is 2.79. The number of carbonyl (C=O) groups excluding carboxylic acids is 1. The first-order chi connectivity index (χ1) is 10.0. The molecule has 5 nitrogen and oxygen atoms in total. The van der Waals surface area contributed by atoms with Gasteiger partial charge < -0.3 is 14.5 Å². The molecule has 0 bridgehead atoms. The van der Waals surface area contributed by atoms with E-state index in [4.69, 9.17) is 9.15 Å². The van der Waals surface area contributed by atoms with Crippen LogP contribution in [0.5, 0.6) is 5.75 Å². The lowest BCUT2D eigenvalue weighted by molar-refractivity contribution is 0.0994. The van der Waals surface area contributed by atoms with Gasteiger partial charge in [0.25, 0.3) is 5.91 Å². The van der Waals surface area contributed by atoms with E-state index in [-0.39, 0.29) is 11.7 Å². The number of nitrogens with one attached hydrogen (secondary N) is 1. The van der Waals surface area contributed by atoms with Gasteiger partial charge >= 0.3 is 0 Å². The number of aryl methyl sites for hydroxylation is 2. The van der Waals surface area contributed by atoms with Crippen LogP contribution in [-0.2, 0) is 5.33 Å². The second kappa shape index (κ2) is 6.76. The zero-order chi connectivity index (χ0) is 15.4. The van der Waals surface area contributed by atoms with Gasteiger partial charge in [-0.15, -0.1) is 0 Å². The van der Waals surface area contributed by atoms with Crippen molar-refractivity contribution in [1.82, 2.24) is 4.98 Å². The number of nitrogens with zero attached hydrogens (tertiary/aromatic N) is 1. The molecular weight excluding hydrogens is 336 g/mol. The topological polar surface area (TPSA) is 64.4 Å². The number of rotatable bonds is 5. The molecule has 2 rings (SSSR count). The largest absolute Gasteiger partial charge is 0.494 e. The number of carbonyl (C=O) groups is 1. The van der Waals surface area contributed by atoms with Gasteiger partial charge in [0.15, 0.2) is 5.89 Å². The molecule has 21 heavy (non-hydrogen) atoms. The number of anilines is 1. The summed E-state index contributed by atoms with van der Waals surface area (Å²) in [6.07, 6.45) is 0. The first-order valence-electron chi connectivity index (χ1n) is 6.62. The van der Waals surface area contributed by atoms with Gasteiger partial charge in [-0.05, 0) is 32.0 Å². The molecule has 0 atom stereocenters. The lowest BCUT2D eigenvalue weighted by Gasteiger charge is -2.11. The van der Waals surface area contributed by atoms with Crippen molar-refractivity contribution in [3.63, 3.8) is 0 Å². The monoisotopic (exact) mass is 352 g/mol. The van der Waals surface area contributed by atoms with Crippen molar-refractivity contribution in [3.05, 3.63) is 41.1 Å². The third kappa shape index (κ3) is 3.64. The number of benzene rings is 1. The van der Waals surface area contributed by atoms with E-state index in [0.717, 1.165) is 11.3 Å². The molecule has 1 aromatic carbocycles. The molecule has 6 heteroatoms. The minimum absolute atomic E-state index is 0.238. The molecule has 112 valence electrons. The van der Waals surface area contributed by atoms with Gasteiger partial charge in [0.1, 0.15) is 5.75 Å². The minimum Gasteiger partial charge on any atom is -0.494 e. The van der Waals surface area contributed by atoms with E-state index in [1.807, 2.05) is 19.1 Å². The second-order valence-corrected chi connectivity index (χ2v) is 5.05. The number of ether oxygens (including phenoxy) is 1. The first-order valence-corrected chi connectivity index (χ1v) is 7.74. The Kier molecular flexibility index (Phi) is 5.01. The Balaban J connectivity index is 2.19. The van der Waals surface area contributed by atoms with Crippen LogP contribution in [0.1, 0.15) is 34.6 Å². The molecule has 1 heterocycles. The minimum atomic E-state index is -0.308. The molecule has 0 saturated heterocycles. The van der Waals surface area contributed by atoms with Crippen molar-refractivity contribution in [2.24, 2.45) is 0 Å². The van der Waals surface area contributed by atoms with Gasteiger partial charge in [0, 0.05) is 23.5 Å². The van der Waals surface area contributed by atoms with E-state index < -0.39 is 0 Å². The van der Waals surface area contributed by atoms with Crippen molar-refractivity contribution in [1.29, 1.82) is 0 Å². The highest BCUT2D eigenvalue weighted by Crippen LogP contribution is 2.25. The molecule has 0 aliphatic rings. The molecule has 0 aliphatic heterocycles. The van der Waals surface area contributed by atoms with E-state index >= 15 is 0 Å². The average molecular weight is 353 g/mol. The van der Waals surface area contributed by atoms with Crippen molar-refractivity contribution in [2.75, 3.05) is 11.9 Å². The van der Waals surface area contributed by atoms with E-state index in [9.17, 15) is 4.79 Å². The predicted molar refractivity (Wildman–Crippen MR) is 84.2 cm³/mol. The predicted octanol–water partition coefficient (Wildman–Crippen LogP) is 3.84. The van der Waals surface area contributed by atoms with Gasteiger partial charge in [-0.1, -0.05) is 15.9 Å². The zero-order valence-corrected chi connectivity index (χ0v) is 13.8. The molecule has 0 aliphatic carbocycles. The number of hydrogen-bond donors (Lipinski definition) is 1. The lowest BCUT2D eigenvalue weighted by atomic mass is 10.2. The summed E-state index contributed by atoms with van der Waals surface area (Å²) in [5, 5.41) is 3.45. The fourth-order valence-corrected chi connectivity index (χ4v) is 2.43. The molecule has 0 radical (unpaired) electrons. The fourth-order valence-electron chi connectivity index (χ4n) is 1.99. The van der Waals surface area contributed by atoms with Gasteiger partial charge in [0.05, 0.1) is 12.3 Å². The highest BCUT2D eigenvalue weighted by atomic mass is 79.9. The van der Waals surface area contributed by atoms with Crippen LogP contribution in [0.25, 0.3) is 0 Å². The number of amides is 1. The Hall–Kier alpha value is -1.82. The number of alkyl halides is 1. The maximum atomic E-state index is 12.2. The zero-order valence-electron chi connectivity index (χ0n) is 12.2. The van der Waals surface area contributed by atoms with Gasteiger partial charge in [-0.2, -0.15) is 0 Å². The van der Waals surface area contributed by atoms with Crippen LogP contribution in [-0.4, -0.2) is 17.5 Å². The number of aromatic nitrogens is 1. The second-order valence-electron chi connectivity index (χ2n) is 4.49. The molecule has 0 unspecified atom stereocenters. The van der Waals surface area contributed by atoms with Crippen LogP contribution in [0, 0.1) is 13.8 Å². The summed E-state index contributed by atoms with van der Waals surface area (Å²) >= 11 is 3.42. The van der Waals surface area contributed by atoms with Crippen LogP contribution < -0.4 is 10.1 Å². The van der Waals surface area contributed by atoms with Crippen molar-refractivity contribution in [3.8, 4) is 5.75 Å². The number of oxazole rings is 1. The first kappa shape index (κ1) is 15.6. The Morgan fingerprint density at radius 3 is 2.76 bits per heavy atom. The Bertz CT molecular complexity index is 652. The maximum Gasteiger partial charge on any atom is 0.293 e. The summed E-state index contributed by atoms with van der Waals surface area (Å²) in [5.41, 5.74) is 2.24. The summed E-state index contributed by atoms with van der Waals surface area (Å²) in [7, 11) is 0.